The Kier molecular flexibility index (Phi) is 3.74. The first kappa shape index (κ1) is 13.8. The molecule has 102 valence electrons. The highest BCUT2D eigenvalue weighted by molar-refractivity contribution is 5.91. The zero-order valence-electron chi connectivity index (χ0n) is 11.9. The minimum Gasteiger partial charge on any atom is -0.378 e. The molecule has 0 amide bonds. The van der Waals surface area contributed by atoms with E-state index in [1.165, 1.54) is 0 Å². The lowest BCUT2D eigenvalue weighted by atomic mass is 9.67. The van der Waals surface area contributed by atoms with Crippen LogP contribution in [0.3, 0.4) is 0 Å². The summed E-state index contributed by atoms with van der Waals surface area (Å²) in [6.07, 6.45) is 2.36. The van der Waals surface area contributed by atoms with E-state index in [1.807, 2.05) is 43.3 Å². The van der Waals surface area contributed by atoms with Crippen molar-refractivity contribution in [2.24, 2.45) is 0 Å². The molecule has 0 radical (unpaired) electrons. The Labute approximate surface area is 114 Å². The van der Waals surface area contributed by atoms with Crippen molar-refractivity contribution in [2.45, 2.75) is 38.0 Å². The van der Waals surface area contributed by atoms with Crippen LogP contribution < -0.4 is 4.90 Å². The van der Waals surface area contributed by atoms with Crippen LogP contribution in [-0.2, 0) is 15.0 Å². The van der Waals surface area contributed by atoms with Crippen molar-refractivity contribution >= 4 is 17.3 Å². The lowest BCUT2D eigenvalue weighted by Gasteiger charge is -2.35. The molecule has 3 nitrogen and oxygen atoms in total. The molecule has 1 aromatic rings. The molecular weight excluding hydrogens is 238 g/mol. The van der Waals surface area contributed by atoms with Gasteiger partial charge in [0.1, 0.15) is 11.6 Å². The predicted molar refractivity (Wildman–Crippen MR) is 76.6 cm³/mol. The monoisotopic (exact) mass is 259 g/mol. The number of ketones is 2. The zero-order chi connectivity index (χ0) is 14.0. The molecule has 1 saturated carbocycles. The second-order valence-corrected chi connectivity index (χ2v) is 5.62. The standard InChI is InChI=1S/C16H21NO2/c1-12(18)16(10-8-15(19)9-11-16)13-4-6-14(7-5-13)17(2)3/h4-7H,8-11H2,1-3H3. The fraction of sp³-hybridized carbons (Fsp3) is 0.500. The highest BCUT2D eigenvalue weighted by Gasteiger charge is 2.40. The van der Waals surface area contributed by atoms with Gasteiger partial charge in [-0.25, -0.2) is 0 Å². The number of carbonyl (C=O) groups is 2. The van der Waals surface area contributed by atoms with E-state index in [0.717, 1.165) is 11.3 Å². The summed E-state index contributed by atoms with van der Waals surface area (Å²) in [6.45, 7) is 1.65. The van der Waals surface area contributed by atoms with Gasteiger partial charge in [0.05, 0.1) is 5.41 Å². The molecule has 1 aromatic carbocycles. The average Bonchev–Trinajstić information content (AvgIpc) is 2.39. The van der Waals surface area contributed by atoms with E-state index >= 15 is 0 Å². The van der Waals surface area contributed by atoms with Crippen molar-refractivity contribution < 1.29 is 9.59 Å². The summed E-state index contributed by atoms with van der Waals surface area (Å²) in [5.74, 6) is 0.458. The average molecular weight is 259 g/mol. The van der Waals surface area contributed by atoms with E-state index in [1.54, 1.807) is 6.92 Å². The van der Waals surface area contributed by atoms with Gasteiger partial charge in [0, 0.05) is 32.6 Å². The smallest absolute Gasteiger partial charge is 0.140 e. The second-order valence-electron chi connectivity index (χ2n) is 5.62. The number of carbonyl (C=O) groups excluding carboxylic acids is 2. The number of anilines is 1. The third-order valence-electron chi connectivity index (χ3n) is 4.27. The molecule has 2 rings (SSSR count). The maximum absolute atomic E-state index is 12.1. The van der Waals surface area contributed by atoms with E-state index in [2.05, 4.69) is 0 Å². The first-order chi connectivity index (χ1) is 8.95. The Morgan fingerprint density at radius 2 is 1.63 bits per heavy atom. The Morgan fingerprint density at radius 3 is 2.05 bits per heavy atom. The number of hydrogen-bond acceptors (Lipinski definition) is 3. The summed E-state index contributed by atoms with van der Waals surface area (Å²) in [4.78, 5) is 25.6. The van der Waals surface area contributed by atoms with Crippen LogP contribution in [0.5, 0.6) is 0 Å². The quantitative estimate of drug-likeness (QED) is 0.837. The van der Waals surface area contributed by atoms with Crippen LogP contribution in [0.2, 0.25) is 0 Å². The number of Topliss-reactive ketones (excluding diaryl/α,β-unsaturated/α-hetero) is 2. The lowest BCUT2D eigenvalue weighted by molar-refractivity contribution is -0.127. The van der Waals surface area contributed by atoms with Crippen molar-refractivity contribution in [1.29, 1.82) is 0 Å². The molecule has 0 atom stereocenters. The van der Waals surface area contributed by atoms with Gasteiger partial charge in [-0.2, -0.15) is 0 Å². The van der Waals surface area contributed by atoms with Crippen molar-refractivity contribution in [3.8, 4) is 0 Å². The van der Waals surface area contributed by atoms with Crippen molar-refractivity contribution in [3.63, 3.8) is 0 Å². The molecule has 0 bridgehead atoms. The summed E-state index contributed by atoms with van der Waals surface area (Å²) >= 11 is 0. The molecule has 0 unspecified atom stereocenters. The van der Waals surface area contributed by atoms with Gasteiger partial charge in [0.15, 0.2) is 0 Å². The van der Waals surface area contributed by atoms with Crippen LogP contribution >= 0.6 is 0 Å². The van der Waals surface area contributed by atoms with Gasteiger partial charge in [0.2, 0.25) is 0 Å². The maximum Gasteiger partial charge on any atom is 0.140 e. The number of hydrogen-bond donors (Lipinski definition) is 0. The summed E-state index contributed by atoms with van der Waals surface area (Å²) < 4.78 is 0. The molecule has 0 N–H and O–H groups in total. The molecular formula is C16H21NO2. The fourth-order valence-corrected chi connectivity index (χ4v) is 2.88. The van der Waals surface area contributed by atoms with Gasteiger partial charge in [-0.05, 0) is 37.5 Å². The second kappa shape index (κ2) is 5.16. The number of rotatable bonds is 3. The first-order valence-corrected chi connectivity index (χ1v) is 6.76. The van der Waals surface area contributed by atoms with Crippen molar-refractivity contribution in [2.75, 3.05) is 19.0 Å². The van der Waals surface area contributed by atoms with Gasteiger partial charge in [-0.1, -0.05) is 12.1 Å². The van der Waals surface area contributed by atoms with E-state index in [4.69, 9.17) is 0 Å². The van der Waals surface area contributed by atoms with Gasteiger partial charge in [-0.3, -0.25) is 9.59 Å². The van der Waals surface area contributed by atoms with Crippen molar-refractivity contribution in [1.82, 2.24) is 0 Å². The van der Waals surface area contributed by atoms with Gasteiger partial charge >= 0.3 is 0 Å². The third kappa shape index (κ3) is 2.55. The summed E-state index contributed by atoms with van der Waals surface area (Å²) in [5.41, 5.74) is 1.73. The predicted octanol–water partition coefficient (Wildman–Crippen LogP) is 2.72. The highest BCUT2D eigenvalue weighted by atomic mass is 16.1. The Hall–Kier alpha value is -1.64. The maximum atomic E-state index is 12.1. The Balaban J connectivity index is 2.34. The van der Waals surface area contributed by atoms with Crippen molar-refractivity contribution in [3.05, 3.63) is 29.8 Å². The van der Waals surface area contributed by atoms with Crippen LogP contribution in [0, 0.1) is 0 Å². The highest BCUT2D eigenvalue weighted by Crippen LogP contribution is 2.39. The summed E-state index contributed by atoms with van der Waals surface area (Å²) in [7, 11) is 3.99. The minimum absolute atomic E-state index is 0.178. The van der Waals surface area contributed by atoms with E-state index in [-0.39, 0.29) is 11.6 Å². The largest absolute Gasteiger partial charge is 0.378 e. The fourth-order valence-electron chi connectivity index (χ4n) is 2.88. The van der Waals surface area contributed by atoms with Crippen LogP contribution in [-0.4, -0.2) is 25.7 Å². The summed E-state index contributed by atoms with van der Waals surface area (Å²) in [6, 6.07) is 8.14. The molecule has 0 saturated heterocycles. The van der Waals surface area contributed by atoms with E-state index < -0.39 is 5.41 Å². The number of benzene rings is 1. The van der Waals surface area contributed by atoms with Gasteiger partial charge < -0.3 is 4.90 Å². The van der Waals surface area contributed by atoms with E-state index in [9.17, 15) is 9.59 Å². The molecule has 1 aliphatic carbocycles. The first-order valence-electron chi connectivity index (χ1n) is 6.76. The topological polar surface area (TPSA) is 37.4 Å². The molecule has 0 aliphatic heterocycles. The lowest BCUT2D eigenvalue weighted by Crippen LogP contribution is -2.38. The van der Waals surface area contributed by atoms with Crippen LogP contribution in [0.25, 0.3) is 0 Å². The number of nitrogens with zero attached hydrogens (tertiary/aromatic N) is 1. The van der Waals surface area contributed by atoms with Crippen LogP contribution in [0.4, 0.5) is 5.69 Å². The van der Waals surface area contributed by atoms with E-state index in [0.29, 0.717) is 25.7 Å². The minimum atomic E-state index is -0.446. The van der Waals surface area contributed by atoms with Gasteiger partial charge in [-0.15, -0.1) is 0 Å². The molecule has 1 fully saturated rings. The van der Waals surface area contributed by atoms with Crippen LogP contribution in [0.15, 0.2) is 24.3 Å². The SMILES string of the molecule is CC(=O)C1(c2ccc(N(C)C)cc2)CCC(=O)CC1. The zero-order valence-corrected chi connectivity index (χ0v) is 11.9. The molecule has 3 heteroatoms. The molecule has 0 aromatic heterocycles. The Bertz CT molecular complexity index is 478. The van der Waals surface area contributed by atoms with Crippen LogP contribution in [0.1, 0.15) is 38.2 Å². The van der Waals surface area contributed by atoms with Gasteiger partial charge in [0.25, 0.3) is 0 Å². The molecule has 19 heavy (non-hydrogen) atoms. The third-order valence-corrected chi connectivity index (χ3v) is 4.27. The normalized spacial score (nSPS) is 18.2. The molecule has 1 aliphatic rings. The summed E-state index contributed by atoms with van der Waals surface area (Å²) in [5, 5.41) is 0. The Morgan fingerprint density at radius 1 is 1.11 bits per heavy atom. The molecule has 0 spiro atoms. The molecule has 0 heterocycles.